The Labute approximate surface area is 127 Å². The van der Waals surface area contributed by atoms with Crippen LogP contribution in [-0.4, -0.2) is 23.7 Å². The number of aliphatic hydroxyl groups is 1. The molecular formula is C17H17F2NO2. The molecule has 2 rings (SSSR count). The van der Waals surface area contributed by atoms with Crippen LogP contribution < -0.4 is 5.32 Å². The van der Waals surface area contributed by atoms with Crippen LogP contribution >= 0.6 is 0 Å². The van der Waals surface area contributed by atoms with Crippen molar-refractivity contribution < 1.29 is 18.7 Å². The maximum Gasteiger partial charge on any atom is 0.251 e. The highest BCUT2D eigenvalue weighted by molar-refractivity contribution is 5.95. The zero-order valence-electron chi connectivity index (χ0n) is 12.1. The van der Waals surface area contributed by atoms with E-state index in [1.54, 1.807) is 19.1 Å². The third kappa shape index (κ3) is 4.11. The molecule has 116 valence electrons. The Kier molecular flexibility index (Phi) is 5.22. The minimum Gasteiger partial charge on any atom is -0.394 e. The largest absolute Gasteiger partial charge is 0.394 e. The molecule has 2 aromatic carbocycles. The quantitative estimate of drug-likeness (QED) is 0.892. The van der Waals surface area contributed by atoms with Crippen molar-refractivity contribution >= 4 is 5.91 Å². The van der Waals surface area contributed by atoms with E-state index in [0.29, 0.717) is 12.0 Å². The van der Waals surface area contributed by atoms with Crippen molar-refractivity contribution in [2.45, 2.75) is 19.4 Å². The number of nitrogens with one attached hydrogen (secondary N) is 1. The Balaban J connectivity index is 2.07. The summed E-state index contributed by atoms with van der Waals surface area (Å²) in [5.41, 5.74) is 1.67. The lowest BCUT2D eigenvalue weighted by Crippen LogP contribution is -2.39. The van der Waals surface area contributed by atoms with Gasteiger partial charge in [-0.25, -0.2) is 8.78 Å². The van der Waals surface area contributed by atoms with Gasteiger partial charge >= 0.3 is 0 Å². The summed E-state index contributed by atoms with van der Waals surface area (Å²) in [4.78, 5) is 12.2. The molecule has 0 radical (unpaired) electrons. The zero-order chi connectivity index (χ0) is 16.1. The van der Waals surface area contributed by atoms with Crippen LogP contribution in [0.4, 0.5) is 8.78 Å². The van der Waals surface area contributed by atoms with Crippen molar-refractivity contribution in [2.24, 2.45) is 0 Å². The van der Waals surface area contributed by atoms with Crippen molar-refractivity contribution in [2.75, 3.05) is 6.61 Å². The molecule has 1 amide bonds. The number of rotatable bonds is 5. The predicted molar refractivity (Wildman–Crippen MR) is 79.6 cm³/mol. The van der Waals surface area contributed by atoms with Crippen LogP contribution in [0.25, 0.3) is 0 Å². The molecule has 0 fully saturated rings. The van der Waals surface area contributed by atoms with Gasteiger partial charge in [0, 0.05) is 5.56 Å². The molecule has 0 bridgehead atoms. The molecule has 1 atom stereocenters. The molecule has 3 nitrogen and oxygen atoms in total. The third-order valence-electron chi connectivity index (χ3n) is 3.40. The summed E-state index contributed by atoms with van der Waals surface area (Å²) in [6.45, 7) is 1.44. The molecule has 0 saturated carbocycles. The lowest BCUT2D eigenvalue weighted by molar-refractivity contribution is 0.0915. The summed E-state index contributed by atoms with van der Waals surface area (Å²) < 4.78 is 26.1. The standard InChI is InChI=1S/C17H17F2NO2/c1-11-2-5-14(19)9-16(11)17(22)20-15(10-21)8-12-3-6-13(18)7-4-12/h2-7,9,15,21H,8,10H2,1H3,(H,20,22). The Hall–Kier alpha value is -2.27. The van der Waals surface area contributed by atoms with E-state index in [1.165, 1.54) is 24.3 Å². The second kappa shape index (κ2) is 7.13. The van der Waals surface area contributed by atoms with Crippen molar-refractivity contribution in [1.82, 2.24) is 5.32 Å². The SMILES string of the molecule is Cc1ccc(F)cc1C(=O)NC(CO)Cc1ccc(F)cc1. The summed E-state index contributed by atoms with van der Waals surface area (Å²) in [7, 11) is 0. The molecule has 0 aliphatic carbocycles. The highest BCUT2D eigenvalue weighted by atomic mass is 19.1. The van der Waals surface area contributed by atoms with Gasteiger partial charge in [0.1, 0.15) is 11.6 Å². The first-order chi connectivity index (χ1) is 10.5. The fourth-order valence-electron chi connectivity index (χ4n) is 2.17. The number of hydrogen-bond donors (Lipinski definition) is 2. The van der Waals surface area contributed by atoms with E-state index < -0.39 is 17.8 Å². The molecule has 0 heterocycles. The van der Waals surface area contributed by atoms with Gasteiger partial charge in [-0.1, -0.05) is 18.2 Å². The minimum atomic E-state index is -0.527. The minimum absolute atomic E-state index is 0.234. The van der Waals surface area contributed by atoms with Gasteiger partial charge in [-0.15, -0.1) is 0 Å². The maximum absolute atomic E-state index is 13.2. The number of carbonyl (C=O) groups is 1. The molecule has 0 saturated heterocycles. The van der Waals surface area contributed by atoms with Crippen molar-refractivity contribution in [1.29, 1.82) is 0 Å². The molecule has 1 unspecified atom stereocenters. The highest BCUT2D eigenvalue weighted by Crippen LogP contribution is 2.11. The predicted octanol–water partition coefficient (Wildman–Crippen LogP) is 2.61. The number of carbonyl (C=O) groups excluding carboxylic acids is 1. The normalized spacial score (nSPS) is 12.0. The lowest BCUT2D eigenvalue weighted by atomic mass is 10.0. The summed E-state index contributed by atoms with van der Waals surface area (Å²) in [6.07, 6.45) is 0.358. The first-order valence-electron chi connectivity index (χ1n) is 6.92. The van der Waals surface area contributed by atoms with Crippen molar-refractivity contribution in [3.8, 4) is 0 Å². The first kappa shape index (κ1) is 16.1. The summed E-state index contributed by atoms with van der Waals surface area (Å²) in [5.74, 6) is -1.28. The summed E-state index contributed by atoms with van der Waals surface area (Å²) >= 11 is 0. The summed E-state index contributed by atoms with van der Waals surface area (Å²) in [6, 6.07) is 9.28. The molecule has 2 N–H and O–H groups in total. The van der Waals surface area contributed by atoms with Gasteiger partial charge in [0.2, 0.25) is 0 Å². The Morgan fingerprint density at radius 3 is 2.41 bits per heavy atom. The van der Waals surface area contributed by atoms with Crippen molar-refractivity contribution in [3.63, 3.8) is 0 Å². The maximum atomic E-state index is 13.2. The van der Waals surface area contributed by atoms with E-state index in [0.717, 1.165) is 11.6 Å². The van der Waals surface area contributed by atoms with E-state index in [9.17, 15) is 18.7 Å². The Morgan fingerprint density at radius 1 is 1.14 bits per heavy atom. The molecule has 2 aromatic rings. The van der Waals surface area contributed by atoms with E-state index in [1.807, 2.05) is 0 Å². The third-order valence-corrected chi connectivity index (χ3v) is 3.40. The lowest BCUT2D eigenvalue weighted by Gasteiger charge is -2.17. The number of halogens is 2. The molecule has 0 aliphatic rings. The van der Waals surface area contributed by atoms with Gasteiger partial charge in [-0.3, -0.25) is 4.79 Å². The average Bonchev–Trinajstić information content (AvgIpc) is 2.51. The van der Waals surface area contributed by atoms with Crippen molar-refractivity contribution in [3.05, 3.63) is 70.8 Å². The van der Waals surface area contributed by atoms with Gasteiger partial charge in [0.25, 0.3) is 5.91 Å². The monoisotopic (exact) mass is 305 g/mol. The topological polar surface area (TPSA) is 49.3 Å². The van der Waals surface area contributed by atoms with Gasteiger partial charge < -0.3 is 10.4 Å². The Morgan fingerprint density at radius 2 is 1.77 bits per heavy atom. The average molecular weight is 305 g/mol. The highest BCUT2D eigenvalue weighted by Gasteiger charge is 2.16. The van der Waals surface area contributed by atoms with Gasteiger partial charge in [-0.05, 0) is 48.7 Å². The number of hydrogen-bond acceptors (Lipinski definition) is 2. The van der Waals surface area contributed by atoms with Crippen LogP contribution in [0.2, 0.25) is 0 Å². The fourth-order valence-corrected chi connectivity index (χ4v) is 2.17. The molecule has 0 aromatic heterocycles. The van der Waals surface area contributed by atoms with Crippen LogP contribution in [0.3, 0.4) is 0 Å². The molecule has 0 aliphatic heterocycles. The number of aliphatic hydroxyl groups excluding tert-OH is 1. The number of benzene rings is 2. The number of aryl methyl sites for hydroxylation is 1. The van der Waals surface area contributed by atoms with Crippen LogP contribution in [0.15, 0.2) is 42.5 Å². The smallest absolute Gasteiger partial charge is 0.251 e. The van der Waals surface area contributed by atoms with E-state index >= 15 is 0 Å². The zero-order valence-corrected chi connectivity index (χ0v) is 12.1. The van der Waals surface area contributed by atoms with E-state index in [2.05, 4.69) is 5.32 Å². The van der Waals surface area contributed by atoms with E-state index in [4.69, 9.17) is 0 Å². The summed E-state index contributed by atoms with van der Waals surface area (Å²) in [5, 5.41) is 12.1. The second-order valence-corrected chi connectivity index (χ2v) is 5.14. The van der Waals surface area contributed by atoms with Gasteiger partial charge in [0.15, 0.2) is 0 Å². The van der Waals surface area contributed by atoms with Gasteiger partial charge in [-0.2, -0.15) is 0 Å². The van der Waals surface area contributed by atoms with Crippen LogP contribution in [0.5, 0.6) is 0 Å². The number of amides is 1. The van der Waals surface area contributed by atoms with Gasteiger partial charge in [0.05, 0.1) is 12.6 Å². The molecule has 5 heteroatoms. The van der Waals surface area contributed by atoms with Crippen LogP contribution in [0, 0.1) is 18.6 Å². The van der Waals surface area contributed by atoms with E-state index in [-0.39, 0.29) is 18.0 Å². The molecule has 22 heavy (non-hydrogen) atoms. The second-order valence-electron chi connectivity index (χ2n) is 5.14. The molecule has 0 spiro atoms. The van der Waals surface area contributed by atoms with Crippen LogP contribution in [-0.2, 0) is 6.42 Å². The molecular weight excluding hydrogens is 288 g/mol. The van der Waals surface area contributed by atoms with Crippen LogP contribution in [0.1, 0.15) is 21.5 Å². The Bertz CT molecular complexity index is 656. The first-order valence-corrected chi connectivity index (χ1v) is 6.92. The fraction of sp³-hybridized carbons (Fsp3) is 0.235.